The molecule has 0 saturated heterocycles. The lowest BCUT2D eigenvalue weighted by Crippen LogP contribution is -2.09. The lowest BCUT2D eigenvalue weighted by molar-refractivity contribution is -0.139. The van der Waals surface area contributed by atoms with E-state index in [9.17, 15) is 4.79 Å². The van der Waals surface area contributed by atoms with Gasteiger partial charge in [0.1, 0.15) is 5.75 Å². The van der Waals surface area contributed by atoms with Gasteiger partial charge in [0.25, 0.3) is 0 Å². The van der Waals surface area contributed by atoms with Crippen molar-refractivity contribution in [3.8, 4) is 5.75 Å². The number of carboxylic acid groups (broad SMARTS) is 1. The van der Waals surface area contributed by atoms with Crippen LogP contribution in [0.2, 0.25) is 0 Å². The van der Waals surface area contributed by atoms with E-state index in [-0.39, 0.29) is 6.61 Å². The van der Waals surface area contributed by atoms with Crippen molar-refractivity contribution in [2.45, 2.75) is 12.5 Å². The highest BCUT2D eigenvalue weighted by Gasteiger charge is 2.15. The molecule has 0 bridgehead atoms. The van der Waals surface area contributed by atoms with E-state index in [1.165, 1.54) is 0 Å². The summed E-state index contributed by atoms with van der Waals surface area (Å²) in [6, 6.07) is 14.7. The minimum Gasteiger partial charge on any atom is -0.482 e. The summed E-state index contributed by atoms with van der Waals surface area (Å²) in [4.78, 5) is 24.6. The van der Waals surface area contributed by atoms with Crippen molar-refractivity contribution in [3.63, 3.8) is 0 Å². The van der Waals surface area contributed by atoms with Gasteiger partial charge in [-0.2, -0.15) is 0 Å². The molecule has 0 amide bonds. The molecular formula is C21H19N3O4. The first-order chi connectivity index (χ1) is 13.7. The number of rotatable bonds is 9. The third kappa shape index (κ3) is 5.63. The second kappa shape index (κ2) is 9.82. The summed E-state index contributed by atoms with van der Waals surface area (Å²) in [6.07, 6.45) is 8.61. The van der Waals surface area contributed by atoms with Gasteiger partial charge in [-0.1, -0.05) is 29.4 Å². The van der Waals surface area contributed by atoms with Crippen LogP contribution < -0.4 is 4.74 Å². The van der Waals surface area contributed by atoms with Crippen molar-refractivity contribution in [3.05, 3.63) is 90.0 Å². The van der Waals surface area contributed by atoms with Gasteiger partial charge in [0, 0.05) is 48.5 Å². The molecule has 28 heavy (non-hydrogen) atoms. The number of oxime groups is 1. The highest BCUT2D eigenvalue weighted by Crippen LogP contribution is 2.24. The molecule has 0 fully saturated rings. The van der Waals surface area contributed by atoms with Gasteiger partial charge in [-0.25, -0.2) is 4.79 Å². The number of aromatic nitrogens is 2. The maximum atomic E-state index is 10.6. The van der Waals surface area contributed by atoms with E-state index < -0.39 is 12.1 Å². The highest BCUT2D eigenvalue weighted by atomic mass is 16.6. The minimum absolute atomic E-state index is 0.376. The van der Waals surface area contributed by atoms with Gasteiger partial charge in [0.2, 0.25) is 0 Å². The number of hydrogen-bond donors (Lipinski definition) is 1. The van der Waals surface area contributed by atoms with E-state index in [1.807, 2.05) is 30.3 Å². The fourth-order valence-electron chi connectivity index (χ4n) is 2.53. The Bertz CT molecular complexity index is 878. The number of carbonyl (C=O) groups is 1. The average Bonchev–Trinajstić information content (AvgIpc) is 2.74. The van der Waals surface area contributed by atoms with Gasteiger partial charge in [0.15, 0.2) is 12.7 Å². The molecule has 1 aromatic carbocycles. The zero-order chi connectivity index (χ0) is 19.6. The van der Waals surface area contributed by atoms with E-state index >= 15 is 0 Å². The molecule has 2 aromatic heterocycles. The van der Waals surface area contributed by atoms with Crippen LogP contribution in [0.5, 0.6) is 5.75 Å². The summed E-state index contributed by atoms with van der Waals surface area (Å²) < 4.78 is 5.18. The minimum atomic E-state index is -1.02. The van der Waals surface area contributed by atoms with Gasteiger partial charge >= 0.3 is 5.97 Å². The monoisotopic (exact) mass is 377 g/mol. The predicted molar refractivity (Wildman–Crippen MR) is 103 cm³/mol. The Balaban J connectivity index is 1.65. The Hall–Kier alpha value is -3.74. The maximum absolute atomic E-state index is 10.6. The van der Waals surface area contributed by atoms with Crippen LogP contribution >= 0.6 is 0 Å². The summed E-state index contributed by atoms with van der Waals surface area (Å²) in [5, 5.41) is 12.8. The van der Waals surface area contributed by atoms with E-state index in [4.69, 9.17) is 14.7 Å². The quantitative estimate of drug-likeness (QED) is 0.454. The molecule has 3 rings (SSSR count). The van der Waals surface area contributed by atoms with Crippen molar-refractivity contribution in [2.75, 3.05) is 6.61 Å². The van der Waals surface area contributed by atoms with Crippen molar-refractivity contribution in [2.24, 2.45) is 5.16 Å². The van der Waals surface area contributed by atoms with Crippen molar-refractivity contribution >= 4 is 12.2 Å². The van der Waals surface area contributed by atoms with E-state index in [1.54, 1.807) is 49.2 Å². The first-order valence-corrected chi connectivity index (χ1v) is 8.63. The third-order valence-corrected chi connectivity index (χ3v) is 3.80. The Morgan fingerprint density at radius 2 is 1.79 bits per heavy atom. The Labute approximate surface area is 162 Å². The maximum Gasteiger partial charge on any atom is 0.341 e. The van der Waals surface area contributed by atoms with Crippen LogP contribution in [0.4, 0.5) is 0 Å². The fraction of sp³-hybridized carbons (Fsp3) is 0.143. The SMILES string of the molecule is O=C(O)COc1cccc(C/C=N\OC(c2cccnc2)c2cccnc2)c1. The number of ether oxygens (including phenoxy) is 1. The largest absolute Gasteiger partial charge is 0.482 e. The molecule has 0 aliphatic rings. The predicted octanol–water partition coefficient (Wildman–Crippen LogP) is 3.27. The highest BCUT2D eigenvalue weighted by molar-refractivity contribution is 5.68. The summed E-state index contributed by atoms with van der Waals surface area (Å²) >= 11 is 0. The number of benzene rings is 1. The lowest BCUT2D eigenvalue weighted by atomic mass is 10.1. The molecular weight excluding hydrogens is 358 g/mol. The Morgan fingerprint density at radius 3 is 2.39 bits per heavy atom. The fourth-order valence-corrected chi connectivity index (χ4v) is 2.53. The molecule has 0 aliphatic heterocycles. The van der Waals surface area contributed by atoms with Crippen LogP contribution in [-0.2, 0) is 16.1 Å². The van der Waals surface area contributed by atoms with Crippen LogP contribution in [0.1, 0.15) is 22.8 Å². The summed E-state index contributed by atoms with van der Waals surface area (Å²) in [5.41, 5.74) is 2.67. The first-order valence-electron chi connectivity index (χ1n) is 8.63. The molecule has 0 unspecified atom stereocenters. The average molecular weight is 377 g/mol. The number of nitrogens with zero attached hydrogens (tertiary/aromatic N) is 3. The van der Waals surface area contributed by atoms with Crippen LogP contribution in [0.25, 0.3) is 0 Å². The molecule has 0 aliphatic carbocycles. The number of aliphatic carboxylic acids is 1. The van der Waals surface area contributed by atoms with Gasteiger partial charge in [0.05, 0.1) is 0 Å². The normalized spacial score (nSPS) is 10.9. The molecule has 3 aromatic rings. The van der Waals surface area contributed by atoms with Crippen molar-refractivity contribution in [1.29, 1.82) is 0 Å². The Kier molecular flexibility index (Phi) is 6.67. The van der Waals surface area contributed by atoms with Crippen molar-refractivity contribution < 1.29 is 19.5 Å². The van der Waals surface area contributed by atoms with Crippen LogP contribution in [-0.4, -0.2) is 33.9 Å². The Morgan fingerprint density at radius 1 is 1.07 bits per heavy atom. The number of hydrogen-bond acceptors (Lipinski definition) is 6. The number of pyridine rings is 2. The molecule has 0 spiro atoms. The van der Waals surface area contributed by atoms with Crippen LogP contribution in [0, 0.1) is 0 Å². The smallest absolute Gasteiger partial charge is 0.341 e. The van der Waals surface area contributed by atoms with Crippen molar-refractivity contribution in [1.82, 2.24) is 9.97 Å². The molecule has 7 heteroatoms. The summed E-state index contributed by atoms with van der Waals surface area (Å²) in [6.45, 7) is -0.376. The van der Waals surface area contributed by atoms with Gasteiger partial charge in [-0.05, 0) is 29.8 Å². The standard InChI is InChI=1S/C21H19N3O4/c25-20(26)15-27-19-7-1-4-16(12-19)8-11-24-28-21(17-5-2-9-22-13-17)18-6-3-10-23-14-18/h1-7,9-14,21H,8,15H2,(H,25,26)/b24-11-. The molecule has 2 heterocycles. The second-order valence-corrected chi connectivity index (χ2v) is 5.88. The number of carboxylic acids is 1. The summed E-state index contributed by atoms with van der Waals surface area (Å²) in [7, 11) is 0. The molecule has 7 nitrogen and oxygen atoms in total. The van der Waals surface area contributed by atoms with Crippen LogP contribution in [0.3, 0.4) is 0 Å². The first kappa shape index (κ1) is 19.0. The van der Waals surface area contributed by atoms with Crippen LogP contribution in [0.15, 0.2) is 78.5 Å². The molecule has 0 radical (unpaired) electrons. The molecule has 0 atom stereocenters. The molecule has 0 saturated carbocycles. The zero-order valence-electron chi connectivity index (χ0n) is 15.0. The van der Waals surface area contributed by atoms with E-state index in [0.29, 0.717) is 12.2 Å². The van der Waals surface area contributed by atoms with Gasteiger partial charge in [-0.3, -0.25) is 9.97 Å². The lowest BCUT2D eigenvalue weighted by Gasteiger charge is -2.14. The van der Waals surface area contributed by atoms with Gasteiger partial charge < -0.3 is 14.7 Å². The molecule has 1 N–H and O–H groups in total. The van der Waals surface area contributed by atoms with Gasteiger partial charge in [-0.15, -0.1) is 0 Å². The zero-order valence-corrected chi connectivity index (χ0v) is 15.0. The third-order valence-electron chi connectivity index (χ3n) is 3.80. The molecule has 142 valence electrons. The summed E-state index contributed by atoms with van der Waals surface area (Å²) in [5.74, 6) is -0.518. The topological polar surface area (TPSA) is 93.9 Å². The van der Waals surface area contributed by atoms with E-state index in [0.717, 1.165) is 16.7 Å². The van der Waals surface area contributed by atoms with E-state index in [2.05, 4.69) is 15.1 Å². The second-order valence-electron chi connectivity index (χ2n) is 5.88.